The van der Waals surface area contributed by atoms with Crippen LogP contribution in [-0.4, -0.2) is 28.0 Å². The molecule has 1 heterocycles. The van der Waals surface area contributed by atoms with Gasteiger partial charge in [0.25, 0.3) is 0 Å². The van der Waals surface area contributed by atoms with E-state index in [1.165, 1.54) is 24.6 Å². The zero-order valence-electron chi connectivity index (χ0n) is 14.3. The van der Waals surface area contributed by atoms with Gasteiger partial charge in [0.1, 0.15) is 11.6 Å². The van der Waals surface area contributed by atoms with Gasteiger partial charge in [-0.1, -0.05) is 0 Å². The number of aromatic nitrogens is 2. The van der Waals surface area contributed by atoms with Crippen LogP contribution in [-0.2, 0) is 11.3 Å². The first-order chi connectivity index (χ1) is 11.6. The van der Waals surface area contributed by atoms with Gasteiger partial charge in [-0.2, -0.15) is 5.10 Å². The first-order valence-corrected chi connectivity index (χ1v) is 9.08. The zero-order chi connectivity index (χ0) is 17.1. The van der Waals surface area contributed by atoms with Crippen molar-refractivity contribution in [3.63, 3.8) is 0 Å². The maximum absolute atomic E-state index is 12.5. The predicted molar refractivity (Wildman–Crippen MR) is 96.6 cm³/mol. The molecule has 2 aromatic rings. The van der Waals surface area contributed by atoms with Crippen molar-refractivity contribution in [2.45, 2.75) is 43.4 Å². The summed E-state index contributed by atoms with van der Waals surface area (Å²) in [5.41, 5.74) is 1.01. The number of anilines is 1. The Balaban J connectivity index is 1.62. The first kappa shape index (κ1) is 16.9. The maximum Gasteiger partial charge on any atom is 0.238 e. The van der Waals surface area contributed by atoms with Crippen molar-refractivity contribution in [2.75, 3.05) is 12.4 Å². The number of nitrogens with one attached hydrogen (secondary N) is 1. The van der Waals surface area contributed by atoms with E-state index >= 15 is 0 Å². The minimum absolute atomic E-state index is 0.00327. The molecule has 0 spiro atoms. The second-order valence-corrected chi connectivity index (χ2v) is 7.64. The lowest BCUT2D eigenvalue weighted by molar-refractivity contribution is -0.115. The summed E-state index contributed by atoms with van der Waals surface area (Å²) in [5.74, 6) is 2.35. The van der Waals surface area contributed by atoms with E-state index in [0.717, 1.165) is 28.6 Å². The monoisotopic (exact) mass is 345 g/mol. The number of hydrogen-bond donors (Lipinski definition) is 1. The second-order valence-electron chi connectivity index (χ2n) is 6.23. The fraction of sp³-hybridized carbons (Fsp3) is 0.444. The molecular formula is C18H23N3O2S. The molecule has 0 saturated heterocycles. The predicted octanol–water partition coefficient (Wildman–Crippen LogP) is 3.73. The van der Waals surface area contributed by atoms with Gasteiger partial charge in [0.2, 0.25) is 5.91 Å². The number of thioether (sulfide) groups is 1. The van der Waals surface area contributed by atoms with Gasteiger partial charge in [-0.3, -0.25) is 4.79 Å². The van der Waals surface area contributed by atoms with Gasteiger partial charge < -0.3 is 10.1 Å². The van der Waals surface area contributed by atoms with Crippen LogP contribution in [0.25, 0.3) is 0 Å². The van der Waals surface area contributed by atoms with Crippen LogP contribution < -0.4 is 10.1 Å². The Morgan fingerprint density at radius 3 is 2.75 bits per heavy atom. The molecule has 1 atom stereocenters. The third kappa shape index (κ3) is 4.12. The molecule has 3 rings (SSSR count). The van der Waals surface area contributed by atoms with Gasteiger partial charge in [-0.15, -0.1) is 11.8 Å². The molecule has 0 radical (unpaired) electrons. The second kappa shape index (κ2) is 7.30. The molecule has 1 amide bonds. The number of ether oxygens (including phenoxy) is 1. The molecule has 0 bridgehead atoms. The van der Waals surface area contributed by atoms with Gasteiger partial charge in [0.15, 0.2) is 0 Å². The number of aryl methyl sites for hydroxylation is 1. The van der Waals surface area contributed by atoms with Crippen LogP contribution in [0.1, 0.15) is 25.3 Å². The van der Waals surface area contributed by atoms with E-state index < -0.39 is 0 Å². The molecule has 1 N–H and O–H groups in total. The molecule has 1 aliphatic rings. The first-order valence-electron chi connectivity index (χ1n) is 8.21. The molecule has 5 nitrogen and oxygen atoms in total. The Kier molecular flexibility index (Phi) is 5.14. The van der Waals surface area contributed by atoms with E-state index in [1.807, 2.05) is 49.0 Å². The highest BCUT2D eigenvalue weighted by molar-refractivity contribution is 8.00. The highest BCUT2D eigenvalue weighted by atomic mass is 32.2. The van der Waals surface area contributed by atoms with E-state index in [1.54, 1.807) is 7.11 Å². The molecule has 1 aromatic carbocycles. The van der Waals surface area contributed by atoms with Crippen molar-refractivity contribution in [1.82, 2.24) is 9.78 Å². The Labute approximate surface area is 146 Å². The van der Waals surface area contributed by atoms with E-state index in [4.69, 9.17) is 4.74 Å². The Hall–Kier alpha value is -1.95. The third-order valence-corrected chi connectivity index (χ3v) is 5.25. The average molecular weight is 345 g/mol. The lowest BCUT2D eigenvalue weighted by atomic mass is 10.3. The largest absolute Gasteiger partial charge is 0.497 e. The number of carbonyl (C=O) groups is 1. The summed E-state index contributed by atoms with van der Waals surface area (Å²) >= 11 is 1.53. The summed E-state index contributed by atoms with van der Waals surface area (Å²) in [6, 6.07) is 7.75. The van der Waals surface area contributed by atoms with Gasteiger partial charge >= 0.3 is 0 Å². The maximum atomic E-state index is 12.5. The molecule has 6 heteroatoms. The summed E-state index contributed by atoms with van der Waals surface area (Å²) < 4.78 is 7.08. The fourth-order valence-electron chi connectivity index (χ4n) is 2.46. The number of amides is 1. The van der Waals surface area contributed by atoms with Crippen LogP contribution in [0.3, 0.4) is 0 Å². The summed E-state index contributed by atoms with van der Waals surface area (Å²) in [6.45, 7) is 4.79. The topological polar surface area (TPSA) is 56.1 Å². The van der Waals surface area contributed by atoms with Crippen molar-refractivity contribution in [1.29, 1.82) is 0 Å². The zero-order valence-corrected chi connectivity index (χ0v) is 15.1. The normalized spacial score (nSPS) is 15.1. The molecule has 0 aliphatic heterocycles. The van der Waals surface area contributed by atoms with E-state index in [2.05, 4.69) is 10.4 Å². The minimum Gasteiger partial charge on any atom is -0.497 e. The molecule has 24 heavy (non-hydrogen) atoms. The molecule has 1 fully saturated rings. The number of carbonyl (C=O) groups excluding carboxylic acids is 1. The van der Waals surface area contributed by atoms with Crippen molar-refractivity contribution in [3.8, 4) is 5.75 Å². The molecule has 128 valence electrons. The number of rotatable bonds is 7. The molecule has 1 aliphatic carbocycles. The summed E-state index contributed by atoms with van der Waals surface area (Å²) in [6.07, 6.45) is 4.34. The minimum atomic E-state index is -0.193. The van der Waals surface area contributed by atoms with E-state index in [0.29, 0.717) is 5.92 Å². The van der Waals surface area contributed by atoms with Crippen molar-refractivity contribution in [2.24, 2.45) is 5.92 Å². The van der Waals surface area contributed by atoms with E-state index in [-0.39, 0.29) is 11.2 Å². The van der Waals surface area contributed by atoms with Crippen LogP contribution in [0, 0.1) is 12.8 Å². The number of methoxy groups -OCH3 is 1. The number of benzene rings is 1. The lowest BCUT2D eigenvalue weighted by Crippen LogP contribution is -2.24. The summed E-state index contributed by atoms with van der Waals surface area (Å²) in [4.78, 5) is 13.6. The smallest absolute Gasteiger partial charge is 0.238 e. The van der Waals surface area contributed by atoms with Gasteiger partial charge in [0.05, 0.1) is 18.6 Å². The molecular weight excluding hydrogens is 322 g/mol. The van der Waals surface area contributed by atoms with Crippen molar-refractivity contribution in [3.05, 3.63) is 36.0 Å². The van der Waals surface area contributed by atoms with Crippen LogP contribution in [0.4, 0.5) is 5.82 Å². The number of hydrogen-bond acceptors (Lipinski definition) is 4. The van der Waals surface area contributed by atoms with Crippen molar-refractivity contribution < 1.29 is 9.53 Å². The van der Waals surface area contributed by atoms with Gasteiger partial charge in [0, 0.05) is 17.0 Å². The van der Waals surface area contributed by atoms with Crippen LogP contribution >= 0.6 is 11.8 Å². The number of nitrogens with zero attached hydrogens (tertiary/aromatic N) is 2. The summed E-state index contributed by atoms with van der Waals surface area (Å²) in [7, 11) is 1.64. The van der Waals surface area contributed by atoms with Gasteiger partial charge in [-0.05, 0) is 56.9 Å². The van der Waals surface area contributed by atoms with Crippen LogP contribution in [0.2, 0.25) is 0 Å². The summed E-state index contributed by atoms with van der Waals surface area (Å²) in [5, 5.41) is 7.25. The molecule has 1 aromatic heterocycles. The quantitative estimate of drug-likeness (QED) is 0.777. The van der Waals surface area contributed by atoms with Crippen LogP contribution in [0.15, 0.2) is 35.4 Å². The highest BCUT2D eigenvalue weighted by Gasteiger charge is 2.24. The Morgan fingerprint density at radius 2 is 2.12 bits per heavy atom. The average Bonchev–Trinajstić information content (AvgIpc) is 3.34. The standard InChI is InChI=1S/C18H23N3O2S/c1-12-10-19-21(11-14-4-5-14)17(12)20-18(22)13(2)24-16-8-6-15(23-3)7-9-16/h6-10,13-14H,4-5,11H2,1-3H3,(H,20,22)/t13-/m0/s1. The Morgan fingerprint density at radius 1 is 1.42 bits per heavy atom. The fourth-order valence-corrected chi connectivity index (χ4v) is 3.32. The van der Waals surface area contributed by atoms with E-state index in [9.17, 15) is 4.79 Å². The van der Waals surface area contributed by atoms with Gasteiger partial charge in [-0.25, -0.2) is 4.68 Å². The third-order valence-electron chi connectivity index (χ3n) is 4.13. The molecule has 1 saturated carbocycles. The highest BCUT2D eigenvalue weighted by Crippen LogP contribution is 2.32. The lowest BCUT2D eigenvalue weighted by Gasteiger charge is -2.14. The van der Waals surface area contributed by atoms with Crippen molar-refractivity contribution >= 4 is 23.5 Å². The SMILES string of the molecule is COc1ccc(S[C@@H](C)C(=O)Nc2c(C)cnn2CC2CC2)cc1. The Bertz CT molecular complexity index is 708. The van der Waals surface area contributed by atoms with Crippen LogP contribution in [0.5, 0.6) is 5.75 Å². The molecule has 0 unspecified atom stereocenters.